The number of nitrogens with one attached hydrogen (secondary N) is 1. The molecule has 4 rings (SSSR count). The molecule has 2 atom stereocenters. The van der Waals surface area contributed by atoms with Gasteiger partial charge in [-0.05, 0) is 38.8 Å². The summed E-state index contributed by atoms with van der Waals surface area (Å²) in [5.41, 5.74) is 5.28. The Balaban J connectivity index is 1.57. The molecular formula is C20H22N2O2S. The lowest BCUT2D eigenvalue weighted by Gasteiger charge is -2.18. The molecule has 130 valence electrons. The van der Waals surface area contributed by atoms with Crippen molar-refractivity contribution in [1.29, 1.82) is 0 Å². The van der Waals surface area contributed by atoms with Crippen molar-refractivity contribution >= 4 is 28.5 Å². The van der Waals surface area contributed by atoms with E-state index < -0.39 is 6.10 Å². The number of carbonyl (C=O) groups is 1. The number of aryl methyl sites for hydroxylation is 4. The molecule has 1 aromatic heterocycles. The SMILES string of the molecule is Cc1ccc(NC(=O)C2OC3=C(c4nc(C)sc4CC3)C2C)c(C)c1. The lowest BCUT2D eigenvalue weighted by Crippen LogP contribution is -2.32. The van der Waals surface area contributed by atoms with Gasteiger partial charge in [-0.3, -0.25) is 4.79 Å². The highest BCUT2D eigenvalue weighted by molar-refractivity contribution is 7.11. The first kappa shape index (κ1) is 16.3. The van der Waals surface area contributed by atoms with Crippen LogP contribution in [-0.2, 0) is 16.0 Å². The Morgan fingerprint density at radius 3 is 2.84 bits per heavy atom. The standard InChI is InChI=1S/C20H22N2O2S/c1-10-5-6-14(11(2)9-10)22-20(23)19-12(3)17-15(24-19)7-8-16-18(17)21-13(4)25-16/h5-6,9,12,19H,7-8H2,1-4H3,(H,22,23). The third-order valence-electron chi connectivity index (χ3n) is 5.02. The molecule has 2 aromatic rings. The Morgan fingerprint density at radius 2 is 2.08 bits per heavy atom. The first-order valence-corrected chi connectivity index (χ1v) is 9.50. The lowest BCUT2D eigenvalue weighted by atomic mass is 9.89. The predicted molar refractivity (Wildman–Crippen MR) is 101 cm³/mol. The molecule has 1 aliphatic carbocycles. The van der Waals surface area contributed by atoms with Gasteiger partial charge in [-0.1, -0.05) is 24.6 Å². The summed E-state index contributed by atoms with van der Waals surface area (Å²) in [7, 11) is 0. The maximum atomic E-state index is 12.8. The van der Waals surface area contributed by atoms with Crippen LogP contribution in [0.25, 0.3) is 5.57 Å². The highest BCUT2D eigenvalue weighted by Crippen LogP contribution is 2.45. The number of benzene rings is 1. The van der Waals surface area contributed by atoms with Gasteiger partial charge in [0.1, 0.15) is 5.76 Å². The summed E-state index contributed by atoms with van der Waals surface area (Å²) in [5, 5.41) is 4.12. The Hall–Kier alpha value is -2.14. The molecule has 1 aromatic carbocycles. The number of allylic oxidation sites excluding steroid dienone is 1. The number of thiazole rings is 1. The van der Waals surface area contributed by atoms with Gasteiger partial charge in [0.25, 0.3) is 5.91 Å². The lowest BCUT2D eigenvalue weighted by molar-refractivity contribution is -0.125. The molecule has 1 aliphatic heterocycles. The van der Waals surface area contributed by atoms with Crippen LogP contribution in [-0.4, -0.2) is 17.0 Å². The number of fused-ring (bicyclic) bond motifs is 2. The number of hydrogen-bond acceptors (Lipinski definition) is 4. The largest absolute Gasteiger partial charge is 0.484 e. The summed E-state index contributed by atoms with van der Waals surface area (Å²) < 4.78 is 6.07. The zero-order chi connectivity index (χ0) is 17.7. The second-order valence-electron chi connectivity index (χ2n) is 6.98. The van der Waals surface area contributed by atoms with Gasteiger partial charge in [0, 0.05) is 28.5 Å². The molecule has 25 heavy (non-hydrogen) atoms. The zero-order valence-electron chi connectivity index (χ0n) is 15.0. The van der Waals surface area contributed by atoms with Gasteiger partial charge in [-0.25, -0.2) is 4.98 Å². The van der Waals surface area contributed by atoms with Gasteiger partial charge in [0.05, 0.1) is 10.7 Å². The monoisotopic (exact) mass is 354 g/mol. The van der Waals surface area contributed by atoms with E-state index in [2.05, 4.69) is 18.3 Å². The smallest absolute Gasteiger partial charge is 0.266 e. The van der Waals surface area contributed by atoms with Crippen LogP contribution < -0.4 is 5.32 Å². The maximum absolute atomic E-state index is 12.8. The van der Waals surface area contributed by atoms with Gasteiger partial charge in [0.2, 0.25) is 0 Å². The topological polar surface area (TPSA) is 51.2 Å². The van der Waals surface area contributed by atoms with Crippen molar-refractivity contribution in [1.82, 2.24) is 4.98 Å². The molecular weight excluding hydrogens is 332 g/mol. The molecule has 5 heteroatoms. The molecule has 0 fully saturated rings. The van der Waals surface area contributed by atoms with Crippen LogP contribution in [0, 0.1) is 26.7 Å². The molecule has 4 nitrogen and oxygen atoms in total. The number of anilines is 1. The minimum absolute atomic E-state index is 0.0151. The molecule has 2 aliphatic rings. The van der Waals surface area contributed by atoms with Gasteiger partial charge in [0.15, 0.2) is 6.10 Å². The van der Waals surface area contributed by atoms with Crippen molar-refractivity contribution < 1.29 is 9.53 Å². The second-order valence-corrected chi connectivity index (χ2v) is 8.26. The van der Waals surface area contributed by atoms with Crippen LogP contribution in [0.3, 0.4) is 0 Å². The number of ether oxygens (including phenoxy) is 1. The quantitative estimate of drug-likeness (QED) is 0.870. The molecule has 0 radical (unpaired) electrons. The number of rotatable bonds is 2. The third kappa shape index (κ3) is 2.76. The summed E-state index contributed by atoms with van der Waals surface area (Å²) in [5.74, 6) is 0.884. The first-order chi connectivity index (χ1) is 11.9. The summed E-state index contributed by atoms with van der Waals surface area (Å²) in [6.45, 7) is 8.16. The van der Waals surface area contributed by atoms with E-state index in [-0.39, 0.29) is 11.8 Å². The summed E-state index contributed by atoms with van der Waals surface area (Å²) in [6.07, 6.45) is 1.33. The van der Waals surface area contributed by atoms with Crippen molar-refractivity contribution in [2.24, 2.45) is 5.92 Å². The summed E-state index contributed by atoms with van der Waals surface area (Å²) >= 11 is 1.76. The molecule has 2 heterocycles. The normalized spacial score (nSPS) is 21.6. The Morgan fingerprint density at radius 1 is 1.28 bits per heavy atom. The fourth-order valence-corrected chi connectivity index (χ4v) is 4.73. The zero-order valence-corrected chi connectivity index (χ0v) is 15.8. The van der Waals surface area contributed by atoms with Crippen LogP contribution in [0.2, 0.25) is 0 Å². The number of nitrogens with zero attached hydrogens (tertiary/aromatic N) is 1. The Labute approximate surface area is 151 Å². The van der Waals surface area contributed by atoms with Crippen LogP contribution in [0.1, 0.15) is 40.1 Å². The van der Waals surface area contributed by atoms with E-state index in [1.165, 1.54) is 10.4 Å². The van der Waals surface area contributed by atoms with Gasteiger partial charge in [-0.2, -0.15) is 0 Å². The third-order valence-corrected chi connectivity index (χ3v) is 6.05. The Kier molecular flexibility index (Phi) is 3.91. The van der Waals surface area contributed by atoms with Gasteiger partial charge in [-0.15, -0.1) is 11.3 Å². The Bertz CT molecular complexity index is 897. The first-order valence-electron chi connectivity index (χ1n) is 8.68. The average molecular weight is 354 g/mol. The number of amides is 1. The van der Waals surface area contributed by atoms with Crippen molar-refractivity contribution in [3.63, 3.8) is 0 Å². The van der Waals surface area contributed by atoms with Crippen molar-refractivity contribution in [2.45, 2.75) is 46.6 Å². The number of hydrogen-bond donors (Lipinski definition) is 1. The van der Waals surface area contributed by atoms with E-state index in [1.807, 2.05) is 32.9 Å². The van der Waals surface area contributed by atoms with Gasteiger partial charge < -0.3 is 10.1 Å². The molecule has 0 saturated heterocycles. The van der Waals surface area contributed by atoms with E-state index in [4.69, 9.17) is 9.72 Å². The molecule has 0 saturated carbocycles. The highest BCUT2D eigenvalue weighted by atomic mass is 32.1. The van der Waals surface area contributed by atoms with Crippen molar-refractivity contribution in [3.05, 3.63) is 50.7 Å². The molecule has 1 N–H and O–H groups in total. The fraction of sp³-hybridized carbons (Fsp3) is 0.400. The number of aromatic nitrogens is 1. The van der Waals surface area contributed by atoms with E-state index in [9.17, 15) is 4.79 Å². The minimum atomic E-state index is -0.487. The van der Waals surface area contributed by atoms with Gasteiger partial charge >= 0.3 is 0 Å². The summed E-state index contributed by atoms with van der Waals surface area (Å²) in [4.78, 5) is 18.9. The van der Waals surface area contributed by atoms with Crippen LogP contribution in [0.4, 0.5) is 5.69 Å². The highest BCUT2D eigenvalue weighted by Gasteiger charge is 2.42. The molecule has 2 unspecified atom stereocenters. The van der Waals surface area contributed by atoms with Crippen LogP contribution >= 0.6 is 11.3 Å². The van der Waals surface area contributed by atoms with Crippen molar-refractivity contribution in [2.75, 3.05) is 5.32 Å². The fourth-order valence-electron chi connectivity index (χ4n) is 3.78. The number of carbonyl (C=O) groups excluding carboxylic acids is 1. The van der Waals surface area contributed by atoms with Crippen LogP contribution in [0.5, 0.6) is 0 Å². The van der Waals surface area contributed by atoms with E-state index in [0.717, 1.165) is 46.1 Å². The predicted octanol–water partition coefficient (Wildman–Crippen LogP) is 4.40. The molecule has 0 bridgehead atoms. The molecule has 1 amide bonds. The van der Waals surface area contributed by atoms with Crippen LogP contribution in [0.15, 0.2) is 24.0 Å². The second kappa shape index (κ2) is 5.99. The molecule has 0 spiro atoms. The summed E-state index contributed by atoms with van der Waals surface area (Å²) in [6, 6.07) is 6.04. The minimum Gasteiger partial charge on any atom is -0.484 e. The van der Waals surface area contributed by atoms with E-state index in [0.29, 0.717) is 0 Å². The average Bonchev–Trinajstić information content (AvgIpc) is 3.09. The maximum Gasteiger partial charge on any atom is 0.266 e. The van der Waals surface area contributed by atoms with E-state index in [1.54, 1.807) is 11.3 Å². The van der Waals surface area contributed by atoms with Crippen molar-refractivity contribution in [3.8, 4) is 0 Å². The van der Waals surface area contributed by atoms with E-state index >= 15 is 0 Å².